The predicted molar refractivity (Wildman–Crippen MR) is 77.1 cm³/mol. The molecule has 1 aromatic carbocycles. The van der Waals surface area contributed by atoms with E-state index in [1.54, 1.807) is 6.07 Å². The van der Waals surface area contributed by atoms with E-state index in [2.05, 4.69) is 4.90 Å². The van der Waals surface area contributed by atoms with Crippen LogP contribution in [0.3, 0.4) is 0 Å². The van der Waals surface area contributed by atoms with Gasteiger partial charge in [0, 0.05) is 18.5 Å². The van der Waals surface area contributed by atoms with Gasteiger partial charge in [0.25, 0.3) is 0 Å². The van der Waals surface area contributed by atoms with Crippen LogP contribution in [0.25, 0.3) is 0 Å². The largest absolute Gasteiger partial charge is 0.395 e. The summed E-state index contributed by atoms with van der Waals surface area (Å²) < 4.78 is 13.4. The second-order valence-electron chi connectivity index (χ2n) is 6.25. The smallest absolute Gasteiger partial charge is 0.123 e. The highest BCUT2D eigenvalue weighted by atomic mass is 19.1. The lowest BCUT2D eigenvalue weighted by molar-refractivity contribution is 0.0806. The maximum absolute atomic E-state index is 13.4. The van der Waals surface area contributed by atoms with Crippen LogP contribution in [0.1, 0.15) is 25.8 Å². The monoisotopic (exact) mass is 281 g/mol. The maximum atomic E-state index is 13.4. The van der Waals surface area contributed by atoms with Gasteiger partial charge in [-0.25, -0.2) is 4.39 Å². The first-order valence-corrected chi connectivity index (χ1v) is 7.24. The highest BCUT2D eigenvalue weighted by Crippen LogP contribution is 2.34. The molecule has 0 aromatic heterocycles. The SMILES string of the molecule is CC(C)C(O)CN1CCC(CO)(c2cccc(F)c2)C1. The van der Waals surface area contributed by atoms with Crippen LogP contribution in [0, 0.1) is 11.7 Å². The van der Waals surface area contributed by atoms with Crippen LogP contribution in [-0.2, 0) is 5.41 Å². The van der Waals surface area contributed by atoms with Gasteiger partial charge >= 0.3 is 0 Å². The van der Waals surface area contributed by atoms with Gasteiger partial charge in [0.2, 0.25) is 0 Å². The standard InChI is InChI=1S/C16H24FNO2/c1-12(2)15(20)9-18-7-6-16(10-18,11-19)13-4-3-5-14(17)8-13/h3-5,8,12,15,19-20H,6-7,9-11H2,1-2H3. The van der Waals surface area contributed by atoms with Crippen molar-refractivity contribution in [3.63, 3.8) is 0 Å². The molecule has 1 fully saturated rings. The third-order valence-electron chi connectivity index (χ3n) is 4.39. The summed E-state index contributed by atoms with van der Waals surface area (Å²) in [6.45, 7) is 6.08. The third kappa shape index (κ3) is 3.19. The molecule has 1 saturated heterocycles. The highest BCUT2D eigenvalue weighted by Gasteiger charge is 2.39. The summed E-state index contributed by atoms with van der Waals surface area (Å²) in [5.41, 5.74) is 0.445. The summed E-state index contributed by atoms with van der Waals surface area (Å²) in [5.74, 6) is -0.0516. The summed E-state index contributed by atoms with van der Waals surface area (Å²) in [4.78, 5) is 2.16. The maximum Gasteiger partial charge on any atom is 0.123 e. The van der Waals surface area contributed by atoms with Crippen LogP contribution in [0.4, 0.5) is 4.39 Å². The molecular weight excluding hydrogens is 257 g/mol. The quantitative estimate of drug-likeness (QED) is 0.864. The predicted octanol–water partition coefficient (Wildman–Crippen LogP) is 1.78. The Labute approximate surface area is 120 Å². The Bertz CT molecular complexity index is 452. The molecule has 2 atom stereocenters. The Morgan fingerprint density at radius 1 is 1.40 bits per heavy atom. The summed E-state index contributed by atoms with van der Waals surface area (Å²) in [7, 11) is 0. The van der Waals surface area contributed by atoms with Gasteiger partial charge in [0.15, 0.2) is 0 Å². The van der Waals surface area contributed by atoms with E-state index in [9.17, 15) is 14.6 Å². The Kier molecular flexibility index (Phi) is 4.78. The van der Waals surface area contributed by atoms with Crippen molar-refractivity contribution in [3.05, 3.63) is 35.6 Å². The Morgan fingerprint density at radius 3 is 2.75 bits per heavy atom. The van der Waals surface area contributed by atoms with Gasteiger partial charge in [-0.1, -0.05) is 26.0 Å². The number of aliphatic hydroxyl groups excluding tert-OH is 2. The van der Waals surface area contributed by atoms with E-state index in [1.165, 1.54) is 12.1 Å². The molecule has 0 spiro atoms. The highest BCUT2D eigenvalue weighted by molar-refractivity contribution is 5.28. The molecule has 0 aliphatic carbocycles. The number of hydrogen-bond acceptors (Lipinski definition) is 3. The number of halogens is 1. The van der Waals surface area contributed by atoms with E-state index in [4.69, 9.17) is 0 Å². The molecule has 1 aliphatic heterocycles. The number of benzene rings is 1. The molecule has 1 aromatic rings. The molecule has 2 N–H and O–H groups in total. The molecule has 4 heteroatoms. The van der Waals surface area contributed by atoms with Crippen LogP contribution < -0.4 is 0 Å². The minimum absolute atomic E-state index is 0.00469. The fourth-order valence-corrected chi connectivity index (χ4v) is 2.86. The topological polar surface area (TPSA) is 43.7 Å². The van der Waals surface area contributed by atoms with Crippen molar-refractivity contribution in [2.75, 3.05) is 26.2 Å². The molecule has 0 radical (unpaired) electrons. The van der Waals surface area contributed by atoms with Crippen LogP contribution in [0.15, 0.2) is 24.3 Å². The normalized spacial score (nSPS) is 25.3. The first-order chi connectivity index (χ1) is 9.47. The molecule has 2 rings (SSSR count). The molecule has 20 heavy (non-hydrogen) atoms. The molecule has 0 bridgehead atoms. The second-order valence-corrected chi connectivity index (χ2v) is 6.25. The van der Waals surface area contributed by atoms with E-state index in [-0.39, 0.29) is 24.4 Å². The summed E-state index contributed by atoms with van der Waals surface area (Å²) >= 11 is 0. The van der Waals surface area contributed by atoms with Gasteiger partial charge in [0.1, 0.15) is 5.82 Å². The van der Waals surface area contributed by atoms with Crippen LogP contribution in [0.2, 0.25) is 0 Å². The van der Waals surface area contributed by atoms with Crippen LogP contribution in [-0.4, -0.2) is 47.5 Å². The van der Waals surface area contributed by atoms with E-state index >= 15 is 0 Å². The number of hydrogen-bond donors (Lipinski definition) is 2. The van der Waals surface area contributed by atoms with Gasteiger partial charge in [-0.05, 0) is 36.6 Å². The first kappa shape index (κ1) is 15.4. The molecule has 0 saturated carbocycles. The average Bonchev–Trinajstić information content (AvgIpc) is 2.83. The molecule has 112 valence electrons. The van der Waals surface area contributed by atoms with Crippen molar-refractivity contribution in [1.29, 1.82) is 0 Å². The zero-order valence-electron chi connectivity index (χ0n) is 12.2. The van der Waals surface area contributed by atoms with Crippen LogP contribution >= 0.6 is 0 Å². The summed E-state index contributed by atoms with van der Waals surface area (Å²) in [6.07, 6.45) is 0.426. The molecule has 1 heterocycles. The van der Waals surface area contributed by atoms with Crippen molar-refractivity contribution in [2.24, 2.45) is 5.92 Å². The zero-order chi connectivity index (χ0) is 14.8. The van der Waals surface area contributed by atoms with E-state index in [0.717, 1.165) is 18.5 Å². The van der Waals surface area contributed by atoms with Gasteiger partial charge in [-0.3, -0.25) is 4.90 Å². The number of likely N-dealkylation sites (tertiary alicyclic amines) is 1. The molecular formula is C16H24FNO2. The van der Waals surface area contributed by atoms with E-state index in [0.29, 0.717) is 13.1 Å². The van der Waals surface area contributed by atoms with Crippen molar-refractivity contribution in [3.8, 4) is 0 Å². The Hall–Kier alpha value is -0.970. The molecule has 2 unspecified atom stereocenters. The second kappa shape index (κ2) is 6.20. The Morgan fingerprint density at radius 2 is 2.15 bits per heavy atom. The number of aliphatic hydroxyl groups is 2. The van der Waals surface area contributed by atoms with Gasteiger partial charge in [-0.15, -0.1) is 0 Å². The first-order valence-electron chi connectivity index (χ1n) is 7.24. The van der Waals surface area contributed by atoms with Gasteiger partial charge < -0.3 is 10.2 Å². The number of β-amino-alcohol motifs (C(OH)–C–C–N with tert-alkyl or cyclic N) is 1. The minimum Gasteiger partial charge on any atom is -0.395 e. The molecule has 1 aliphatic rings. The summed E-state index contributed by atoms with van der Waals surface area (Å²) in [6, 6.07) is 6.50. The molecule has 3 nitrogen and oxygen atoms in total. The summed E-state index contributed by atoms with van der Waals surface area (Å²) in [5, 5.41) is 19.8. The lowest BCUT2D eigenvalue weighted by atomic mass is 9.80. The lowest BCUT2D eigenvalue weighted by Gasteiger charge is -2.29. The van der Waals surface area contributed by atoms with E-state index < -0.39 is 5.41 Å². The minimum atomic E-state index is -0.404. The van der Waals surface area contributed by atoms with Crippen molar-refractivity contribution >= 4 is 0 Å². The Balaban J connectivity index is 2.11. The van der Waals surface area contributed by atoms with Crippen LogP contribution in [0.5, 0.6) is 0 Å². The number of rotatable bonds is 5. The lowest BCUT2D eigenvalue weighted by Crippen LogP contribution is -2.38. The molecule has 0 amide bonds. The average molecular weight is 281 g/mol. The van der Waals surface area contributed by atoms with E-state index in [1.807, 2.05) is 19.9 Å². The fourth-order valence-electron chi connectivity index (χ4n) is 2.86. The van der Waals surface area contributed by atoms with Crippen molar-refractivity contribution in [1.82, 2.24) is 4.90 Å². The fraction of sp³-hybridized carbons (Fsp3) is 0.625. The van der Waals surface area contributed by atoms with Crippen molar-refractivity contribution < 1.29 is 14.6 Å². The van der Waals surface area contributed by atoms with Gasteiger partial charge in [0.05, 0.1) is 12.7 Å². The zero-order valence-corrected chi connectivity index (χ0v) is 12.2. The third-order valence-corrected chi connectivity index (χ3v) is 4.39. The van der Waals surface area contributed by atoms with Gasteiger partial charge in [-0.2, -0.15) is 0 Å². The van der Waals surface area contributed by atoms with Crippen molar-refractivity contribution in [2.45, 2.75) is 31.8 Å². The number of nitrogens with zero attached hydrogens (tertiary/aromatic N) is 1.